The van der Waals surface area contributed by atoms with E-state index < -0.39 is 6.04 Å². The summed E-state index contributed by atoms with van der Waals surface area (Å²) in [7, 11) is 3.11. The number of halogens is 1. The van der Waals surface area contributed by atoms with Crippen molar-refractivity contribution in [2.24, 2.45) is 5.92 Å². The van der Waals surface area contributed by atoms with Gasteiger partial charge in [0.15, 0.2) is 0 Å². The maximum atomic E-state index is 13.0. The van der Waals surface area contributed by atoms with E-state index in [4.69, 9.17) is 21.1 Å². The molecular weight excluding hydrogens is 458 g/mol. The summed E-state index contributed by atoms with van der Waals surface area (Å²) in [6.07, 6.45) is 1.18. The van der Waals surface area contributed by atoms with Gasteiger partial charge in [-0.1, -0.05) is 11.6 Å². The number of likely N-dealkylation sites (tertiary alicyclic amines) is 1. The lowest BCUT2D eigenvalue weighted by Gasteiger charge is -2.36. The van der Waals surface area contributed by atoms with Crippen molar-refractivity contribution >= 4 is 29.3 Å². The van der Waals surface area contributed by atoms with Crippen LogP contribution in [0.25, 0.3) is 0 Å². The molecule has 1 aliphatic rings. The van der Waals surface area contributed by atoms with Gasteiger partial charge in [0.2, 0.25) is 5.91 Å². The number of benzene rings is 2. The van der Waals surface area contributed by atoms with Crippen molar-refractivity contribution in [2.75, 3.05) is 40.5 Å². The van der Waals surface area contributed by atoms with Crippen LogP contribution in [0.4, 0.5) is 0 Å². The Kier molecular flexibility index (Phi) is 9.30. The Labute approximate surface area is 204 Å². The van der Waals surface area contributed by atoms with Crippen molar-refractivity contribution < 1.29 is 23.9 Å². The Morgan fingerprint density at radius 3 is 2.21 bits per heavy atom. The average molecular weight is 488 g/mol. The third-order valence-corrected chi connectivity index (χ3v) is 6.17. The molecule has 182 valence electrons. The van der Waals surface area contributed by atoms with Gasteiger partial charge in [-0.3, -0.25) is 14.4 Å². The summed E-state index contributed by atoms with van der Waals surface area (Å²) in [6, 6.07) is 12.8. The molecule has 1 saturated heterocycles. The van der Waals surface area contributed by atoms with Crippen molar-refractivity contribution in [2.45, 2.75) is 18.9 Å². The summed E-state index contributed by atoms with van der Waals surface area (Å²) in [5, 5.41) is 6.30. The molecule has 0 unspecified atom stereocenters. The molecule has 2 aromatic rings. The minimum absolute atomic E-state index is 0.0709. The molecule has 3 amide bonds. The topological polar surface area (TPSA) is 97.0 Å². The summed E-state index contributed by atoms with van der Waals surface area (Å²) in [5.74, 6) is -0.142. The van der Waals surface area contributed by atoms with E-state index >= 15 is 0 Å². The van der Waals surface area contributed by atoms with E-state index in [0.29, 0.717) is 61.0 Å². The Balaban J connectivity index is 1.66. The van der Waals surface area contributed by atoms with Gasteiger partial charge in [-0.15, -0.1) is 0 Å². The fourth-order valence-corrected chi connectivity index (χ4v) is 4.09. The summed E-state index contributed by atoms with van der Waals surface area (Å²) in [5.41, 5.74) is 1.01. The van der Waals surface area contributed by atoms with E-state index in [9.17, 15) is 14.4 Å². The zero-order valence-corrected chi connectivity index (χ0v) is 20.1. The summed E-state index contributed by atoms with van der Waals surface area (Å²) >= 11 is 5.92. The van der Waals surface area contributed by atoms with E-state index in [-0.39, 0.29) is 23.6 Å². The number of nitrogens with zero attached hydrogens (tertiary/aromatic N) is 1. The molecule has 8 nitrogen and oxygen atoms in total. The molecule has 1 fully saturated rings. The first-order valence-electron chi connectivity index (χ1n) is 11.2. The minimum atomic E-state index is -0.723. The normalized spacial score (nSPS) is 14.9. The first-order valence-corrected chi connectivity index (χ1v) is 11.6. The van der Waals surface area contributed by atoms with Crippen LogP contribution < -0.4 is 15.4 Å². The molecule has 0 aromatic heterocycles. The Hall–Kier alpha value is -3.10. The van der Waals surface area contributed by atoms with Crippen molar-refractivity contribution in [1.29, 1.82) is 0 Å². The number of methoxy groups -OCH3 is 2. The van der Waals surface area contributed by atoms with Crippen LogP contribution in [0.3, 0.4) is 0 Å². The molecule has 1 heterocycles. The SMILES string of the molecule is COCCNC(=O)[C@@H](NC(=O)c1ccc(OC)cc1)C1CCN(C(=O)c2ccc(Cl)cc2)CC1. The Morgan fingerprint density at radius 1 is 1.00 bits per heavy atom. The van der Waals surface area contributed by atoms with Crippen LogP contribution in [0.15, 0.2) is 48.5 Å². The predicted octanol–water partition coefficient (Wildman–Crippen LogP) is 2.76. The molecule has 9 heteroatoms. The number of nitrogens with one attached hydrogen (secondary N) is 2. The largest absolute Gasteiger partial charge is 0.497 e. The second-order valence-corrected chi connectivity index (χ2v) is 8.54. The molecule has 0 aliphatic carbocycles. The fraction of sp³-hybridized carbons (Fsp3) is 0.400. The zero-order valence-electron chi connectivity index (χ0n) is 19.4. The van der Waals surface area contributed by atoms with Gasteiger partial charge < -0.3 is 25.0 Å². The highest BCUT2D eigenvalue weighted by Crippen LogP contribution is 2.23. The Bertz CT molecular complexity index is 973. The first kappa shape index (κ1) is 25.5. The molecule has 0 bridgehead atoms. The van der Waals surface area contributed by atoms with Crippen LogP contribution in [0, 0.1) is 5.92 Å². The van der Waals surface area contributed by atoms with Gasteiger partial charge in [-0.25, -0.2) is 0 Å². The Morgan fingerprint density at radius 2 is 1.62 bits per heavy atom. The fourth-order valence-electron chi connectivity index (χ4n) is 3.96. The van der Waals surface area contributed by atoms with Gasteiger partial charge in [-0.05, 0) is 67.3 Å². The lowest BCUT2D eigenvalue weighted by Crippen LogP contribution is -2.54. The van der Waals surface area contributed by atoms with Gasteiger partial charge in [0.25, 0.3) is 11.8 Å². The van der Waals surface area contributed by atoms with Crippen molar-refractivity contribution in [3.63, 3.8) is 0 Å². The van der Waals surface area contributed by atoms with E-state index in [1.165, 1.54) is 0 Å². The molecular formula is C25H30ClN3O5. The highest BCUT2D eigenvalue weighted by atomic mass is 35.5. The molecule has 1 atom stereocenters. The van der Waals surface area contributed by atoms with Crippen LogP contribution in [0.2, 0.25) is 5.02 Å². The molecule has 34 heavy (non-hydrogen) atoms. The summed E-state index contributed by atoms with van der Waals surface area (Å²) < 4.78 is 10.2. The summed E-state index contributed by atoms with van der Waals surface area (Å²) in [4.78, 5) is 40.4. The zero-order chi connectivity index (χ0) is 24.5. The second-order valence-electron chi connectivity index (χ2n) is 8.10. The average Bonchev–Trinajstić information content (AvgIpc) is 2.87. The number of carbonyl (C=O) groups excluding carboxylic acids is 3. The standard InChI is InChI=1S/C25H30ClN3O5/c1-33-16-13-27-24(31)22(28-23(30)18-5-9-21(34-2)10-6-18)17-11-14-29(15-12-17)25(32)19-3-7-20(26)8-4-19/h3-10,17,22H,11-16H2,1-2H3,(H,27,31)(H,28,30)/t22-/m0/s1. The third-order valence-electron chi connectivity index (χ3n) is 5.92. The van der Waals surface area contributed by atoms with Gasteiger partial charge in [0.05, 0.1) is 13.7 Å². The number of carbonyl (C=O) groups is 3. The predicted molar refractivity (Wildman–Crippen MR) is 129 cm³/mol. The molecule has 2 N–H and O–H groups in total. The quantitative estimate of drug-likeness (QED) is 0.530. The molecule has 0 radical (unpaired) electrons. The van der Waals surface area contributed by atoms with E-state index in [1.54, 1.807) is 67.7 Å². The second kappa shape index (κ2) is 12.4. The lowest BCUT2D eigenvalue weighted by molar-refractivity contribution is -0.124. The third kappa shape index (κ3) is 6.71. The minimum Gasteiger partial charge on any atom is -0.497 e. The highest BCUT2D eigenvalue weighted by molar-refractivity contribution is 6.30. The highest BCUT2D eigenvalue weighted by Gasteiger charge is 2.34. The van der Waals surface area contributed by atoms with Crippen molar-refractivity contribution in [3.05, 3.63) is 64.7 Å². The molecule has 0 saturated carbocycles. The van der Waals surface area contributed by atoms with Crippen LogP contribution in [0.5, 0.6) is 5.75 Å². The van der Waals surface area contributed by atoms with Crippen LogP contribution in [0.1, 0.15) is 33.6 Å². The molecule has 2 aromatic carbocycles. The van der Waals surface area contributed by atoms with E-state index in [2.05, 4.69) is 10.6 Å². The van der Waals surface area contributed by atoms with Gasteiger partial charge in [-0.2, -0.15) is 0 Å². The number of rotatable bonds is 9. The molecule has 0 spiro atoms. The lowest BCUT2D eigenvalue weighted by atomic mass is 9.88. The van der Waals surface area contributed by atoms with Crippen LogP contribution in [-0.4, -0.2) is 69.1 Å². The van der Waals surface area contributed by atoms with E-state index in [0.717, 1.165) is 0 Å². The monoisotopic (exact) mass is 487 g/mol. The number of piperidine rings is 1. The van der Waals surface area contributed by atoms with Crippen LogP contribution >= 0.6 is 11.6 Å². The molecule has 1 aliphatic heterocycles. The van der Waals surface area contributed by atoms with Crippen molar-refractivity contribution in [3.8, 4) is 5.75 Å². The van der Waals surface area contributed by atoms with Gasteiger partial charge in [0, 0.05) is 42.9 Å². The smallest absolute Gasteiger partial charge is 0.253 e. The number of hydrogen-bond donors (Lipinski definition) is 2. The van der Waals surface area contributed by atoms with Gasteiger partial charge in [0.1, 0.15) is 11.8 Å². The maximum absolute atomic E-state index is 13.0. The van der Waals surface area contributed by atoms with E-state index in [1.807, 2.05) is 0 Å². The number of amides is 3. The number of ether oxygens (including phenoxy) is 2. The maximum Gasteiger partial charge on any atom is 0.253 e. The van der Waals surface area contributed by atoms with Crippen molar-refractivity contribution in [1.82, 2.24) is 15.5 Å². The number of hydrogen-bond acceptors (Lipinski definition) is 5. The summed E-state index contributed by atoms with van der Waals surface area (Å²) in [6.45, 7) is 1.70. The first-order chi connectivity index (χ1) is 16.4. The van der Waals surface area contributed by atoms with Crippen LogP contribution in [-0.2, 0) is 9.53 Å². The van der Waals surface area contributed by atoms with Gasteiger partial charge >= 0.3 is 0 Å². The molecule has 3 rings (SSSR count).